The highest BCUT2D eigenvalue weighted by Crippen LogP contribution is 2.25. The SMILES string of the molecule is CCn1c(C(CN)Cc2ccccc2F)nc2ccccc21. The van der Waals surface area contributed by atoms with Crippen LogP contribution < -0.4 is 5.73 Å². The second-order valence-corrected chi connectivity index (χ2v) is 5.43. The number of nitrogens with zero attached hydrogens (tertiary/aromatic N) is 2. The van der Waals surface area contributed by atoms with E-state index in [1.807, 2.05) is 30.3 Å². The van der Waals surface area contributed by atoms with Gasteiger partial charge in [0.1, 0.15) is 11.6 Å². The highest BCUT2D eigenvalue weighted by molar-refractivity contribution is 5.76. The van der Waals surface area contributed by atoms with E-state index in [1.165, 1.54) is 6.07 Å². The fourth-order valence-corrected chi connectivity index (χ4v) is 2.95. The van der Waals surface area contributed by atoms with Gasteiger partial charge in [0.2, 0.25) is 0 Å². The molecule has 1 heterocycles. The van der Waals surface area contributed by atoms with Crippen LogP contribution in [0.15, 0.2) is 48.5 Å². The predicted molar refractivity (Wildman–Crippen MR) is 87.3 cm³/mol. The zero-order chi connectivity index (χ0) is 15.5. The number of hydrogen-bond acceptors (Lipinski definition) is 2. The zero-order valence-electron chi connectivity index (χ0n) is 12.7. The maximum absolute atomic E-state index is 13.9. The average Bonchev–Trinajstić information content (AvgIpc) is 2.92. The molecule has 0 fully saturated rings. The van der Waals surface area contributed by atoms with E-state index >= 15 is 0 Å². The second-order valence-electron chi connectivity index (χ2n) is 5.43. The molecule has 0 spiro atoms. The molecule has 0 saturated heterocycles. The lowest BCUT2D eigenvalue weighted by Crippen LogP contribution is -2.20. The predicted octanol–water partition coefficient (Wildman–Crippen LogP) is 3.48. The van der Waals surface area contributed by atoms with Gasteiger partial charge in [-0.05, 0) is 37.1 Å². The van der Waals surface area contributed by atoms with Crippen LogP contribution in [0.4, 0.5) is 4.39 Å². The van der Waals surface area contributed by atoms with Crippen molar-refractivity contribution in [2.24, 2.45) is 5.73 Å². The van der Waals surface area contributed by atoms with Gasteiger partial charge in [-0.1, -0.05) is 30.3 Å². The van der Waals surface area contributed by atoms with E-state index in [1.54, 1.807) is 6.07 Å². The fraction of sp³-hybridized carbons (Fsp3) is 0.278. The van der Waals surface area contributed by atoms with Crippen LogP contribution >= 0.6 is 0 Å². The number of aromatic nitrogens is 2. The van der Waals surface area contributed by atoms with E-state index in [0.29, 0.717) is 18.5 Å². The number of nitrogens with two attached hydrogens (primary N) is 1. The van der Waals surface area contributed by atoms with Crippen LogP contribution in [0.1, 0.15) is 24.2 Å². The molecule has 22 heavy (non-hydrogen) atoms. The molecule has 1 aromatic heterocycles. The van der Waals surface area contributed by atoms with Crippen LogP contribution in [0.5, 0.6) is 0 Å². The Bertz CT molecular complexity index is 779. The van der Waals surface area contributed by atoms with E-state index in [4.69, 9.17) is 10.7 Å². The van der Waals surface area contributed by atoms with Gasteiger partial charge in [-0.15, -0.1) is 0 Å². The van der Waals surface area contributed by atoms with E-state index in [0.717, 1.165) is 23.4 Å². The zero-order valence-corrected chi connectivity index (χ0v) is 12.7. The summed E-state index contributed by atoms with van der Waals surface area (Å²) in [6.45, 7) is 3.36. The smallest absolute Gasteiger partial charge is 0.126 e. The third kappa shape index (κ3) is 2.62. The molecule has 3 aromatic rings. The van der Waals surface area contributed by atoms with Gasteiger partial charge in [-0.3, -0.25) is 0 Å². The maximum Gasteiger partial charge on any atom is 0.126 e. The Hall–Kier alpha value is -2.20. The Morgan fingerprint density at radius 2 is 1.86 bits per heavy atom. The summed E-state index contributed by atoms with van der Waals surface area (Å²) in [5, 5.41) is 0. The first-order valence-corrected chi connectivity index (χ1v) is 7.63. The minimum absolute atomic E-state index is 0.00394. The molecule has 1 atom stereocenters. The van der Waals surface area contributed by atoms with Gasteiger partial charge in [0.15, 0.2) is 0 Å². The molecule has 1 unspecified atom stereocenters. The average molecular weight is 297 g/mol. The minimum atomic E-state index is -0.180. The monoisotopic (exact) mass is 297 g/mol. The van der Waals surface area contributed by atoms with E-state index < -0.39 is 0 Å². The van der Waals surface area contributed by atoms with Crippen LogP contribution in [-0.4, -0.2) is 16.1 Å². The van der Waals surface area contributed by atoms with Crippen LogP contribution in [-0.2, 0) is 13.0 Å². The Labute approximate surface area is 129 Å². The molecule has 0 radical (unpaired) electrons. The number of benzene rings is 2. The number of halogens is 1. The van der Waals surface area contributed by atoms with E-state index in [-0.39, 0.29) is 11.7 Å². The van der Waals surface area contributed by atoms with Crippen molar-refractivity contribution < 1.29 is 4.39 Å². The lowest BCUT2D eigenvalue weighted by atomic mass is 9.98. The first kappa shape index (κ1) is 14.7. The quantitative estimate of drug-likeness (QED) is 0.783. The topological polar surface area (TPSA) is 43.8 Å². The number of para-hydroxylation sites is 2. The van der Waals surface area contributed by atoms with Crippen molar-refractivity contribution in [3.8, 4) is 0 Å². The molecule has 0 bridgehead atoms. The van der Waals surface area contributed by atoms with Gasteiger partial charge in [-0.2, -0.15) is 0 Å². The molecular formula is C18H20FN3. The van der Waals surface area contributed by atoms with Crippen molar-refractivity contribution in [3.05, 3.63) is 65.7 Å². The van der Waals surface area contributed by atoms with E-state index in [2.05, 4.69) is 17.6 Å². The van der Waals surface area contributed by atoms with Crippen molar-refractivity contribution in [2.75, 3.05) is 6.54 Å². The molecule has 0 saturated carbocycles. The molecule has 3 rings (SSSR count). The van der Waals surface area contributed by atoms with Crippen molar-refractivity contribution >= 4 is 11.0 Å². The van der Waals surface area contributed by atoms with Crippen molar-refractivity contribution in [2.45, 2.75) is 25.8 Å². The summed E-state index contributed by atoms with van der Waals surface area (Å²) in [7, 11) is 0. The summed E-state index contributed by atoms with van der Waals surface area (Å²) in [5.41, 5.74) is 8.73. The summed E-state index contributed by atoms with van der Waals surface area (Å²) in [5.74, 6) is 0.763. The number of imidazole rings is 1. The van der Waals surface area contributed by atoms with Crippen molar-refractivity contribution in [1.82, 2.24) is 9.55 Å². The molecular weight excluding hydrogens is 277 g/mol. The summed E-state index contributed by atoms with van der Waals surface area (Å²) < 4.78 is 16.1. The molecule has 0 aliphatic rings. The first-order chi connectivity index (χ1) is 10.7. The summed E-state index contributed by atoms with van der Waals surface area (Å²) in [6, 6.07) is 14.9. The molecule has 0 amide bonds. The largest absolute Gasteiger partial charge is 0.330 e. The minimum Gasteiger partial charge on any atom is -0.330 e. The Morgan fingerprint density at radius 1 is 1.14 bits per heavy atom. The third-order valence-corrected chi connectivity index (χ3v) is 4.07. The van der Waals surface area contributed by atoms with Gasteiger partial charge >= 0.3 is 0 Å². The molecule has 3 nitrogen and oxygen atoms in total. The molecule has 0 aliphatic carbocycles. The maximum atomic E-state index is 13.9. The van der Waals surface area contributed by atoms with Gasteiger partial charge < -0.3 is 10.3 Å². The summed E-state index contributed by atoms with van der Waals surface area (Å²) in [4.78, 5) is 4.74. The van der Waals surface area contributed by atoms with Gasteiger partial charge in [-0.25, -0.2) is 9.37 Å². The Morgan fingerprint density at radius 3 is 2.59 bits per heavy atom. The third-order valence-electron chi connectivity index (χ3n) is 4.07. The fourth-order valence-electron chi connectivity index (χ4n) is 2.95. The summed E-state index contributed by atoms with van der Waals surface area (Å²) >= 11 is 0. The Balaban J connectivity index is 2.02. The standard InChI is InChI=1S/C18H20FN3/c1-2-22-17-10-6-5-9-16(17)21-18(22)14(12-20)11-13-7-3-4-8-15(13)19/h3-10,14H,2,11-12,20H2,1H3. The van der Waals surface area contributed by atoms with Crippen molar-refractivity contribution in [3.63, 3.8) is 0 Å². The van der Waals surface area contributed by atoms with E-state index in [9.17, 15) is 4.39 Å². The second kappa shape index (κ2) is 6.28. The number of fused-ring (bicyclic) bond motifs is 1. The van der Waals surface area contributed by atoms with Gasteiger partial charge in [0.25, 0.3) is 0 Å². The first-order valence-electron chi connectivity index (χ1n) is 7.63. The van der Waals surface area contributed by atoms with Crippen molar-refractivity contribution in [1.29, 1.82) is 0 Å². The molecule has 114 valence electrons. The van der Waals surface area contributed by atoms with Gasteiger partial charge in [0, 0.05) is 19.0 Å². The van der Waals surface area contributed by atoms with Gasteiger partial charge in [0.05, 0.1) is 11.0 Å². The normalized spacial score (nSPS) is 12.7. The summed E-state index contributed by atoms with van der Waals surface area (Å²) in [6.07, 6.45) is 0.562. The molecule has 0 aliphatic heterocycles. The Kier molecular flexibility index (Phi) is 4.20. The molecule has 2 N–H and O–H groups in total. The van der Waals surface area contributed by atoms with Crippen LogP contribution in [0, 0.1) is 5.82 Å². The van der Waals surface area contributed by atoms with Crippen LogP contribution in [0.3, 0.4) is 0 Å². The molecule has 2 aromatic carbocycles. The molecule has 4 heteroatoms. The highest BCUT2D eigenvalue weighted by atomic mass is 19.1. The van der Waals surface area contributed by atoms with Crippen LogP contribution in [0.2, 0.25) is 0 Å². The number of aryl methyl sites for hydroxylation is 1. The number of rotatable bonds is 5. The van der Waals surface area contributed by atoms with Crippen LogP contribution in [0.25, 0.3) is 11.0 Å². The lowest BCUT2D eigenvalue weighted by Gasteiger charge is -2.16. The highest BCUT2D eigenvalue weighted by Gasteiger charge is 2.20. The lowest BCUT2D eigenvalue weighted by molar-refractivity contribution is 0.563. The number of hydrogen-bond donors (Lipinski definition) is 1.